The molecule has 0 bridgehead atoms. The minimum Gasteiger partial charge on any atom is -0.298 e. The van der Waals surface area contributed by atoms with Crippen LogP contribution in [0.25, 0.3) is 0 Å². The summed E-state index contributed by atoms with van der Waals surface area (Å²) in [4.78, 5) is 14.2. The molecular formula is C13H27NO2S. The van der Waals surface area contributed by atoms with E-state index in [2.05, 4.69) is 25.7 Å². The molecule has 0 amide bonds. The lowest BCUT2D eigenvalue weighted by Gasteiger charge is -2.36. The maximum Gasteiger partial charge on any atom is 0.152 e. The van der Waals surface area contributed by atoms with E-state index in [0.29, 0.717) is 18.8 Å². The summed E-state index contributed by atoms with van der Waals surface area (Å²) in [6.07, 6.45) is 1.70. The molecule has 0 rings (SSSR count). The zero-order valence-corrected chi connectivity index (χ0v) is 13.1. The Morgan fingerprint density at radius 3 is 1.88 bits per heavy atom. The monoisotopic (exact) mass is 261 g/mol. The standard InChI is InChI=1S/C13H27NO2S/c1-12(2,3)11(15)10-14(13(4,5)6)8-9-17(7)16/h8-10H2,1-7H3. The Labute approximate surface area is 108 Å². The van der Waals surface area contributed by atoms with Crippen LogP contribution in [0.2, 0.25) is 0 Å². The van der Waals surface area contributed by atoms with Crippen LogP contribution in [0.3, 0.4) is 0 Å². The molecular weight excluding hydrogens is 234 g/mol. The Morgan fingerprint density at radius 2 is 1.59 bits per heavy atom. The van der Waals surface area contributed by atoms with Gasteiger partial charge in [-0.25, -0.2) is 0 Å². The molecule has 3 nitrogen and oxygen atoms in total. The average molecular weight is 261 g/mol. The Hall–Kier alpha value is -0.220. The molecule has 17 heavy (non-hydrogen) atoms. The molecule has 0 saturated carbocycles. The highest BCUT2D eigenvalue weighted by molar-refractivity contribution is 7.84. The molecule has 0 saturated heterocycles. The van der Waals surface area contributed by atoms with E-state index >= 15 is 0 Å². The Balaban J connectivity index is 4.62. The van der Waals surface area contributed by atoms with Crippen molar-refractivity contribution in [2.24, 2.45) is 5.41 Å². The number of hydrogen-bond donors (Lipinski definition) is 0. The van der Waals surface area contributed by atoms with Gasteiger partial charge in [0.2, 0.25) is 0 Å². The lowest BCUT2D eigenvalue weighted by molar-refractivity contribution is -0.128. The number of rotatable bonds is 5. The van der Waals surface area contributed by atoms with Gasteiger partial charge in [-0.3, -0.25) is 13.9 Å². The quantitative estimate of drug-likeness (QED) is 0.760. The second-order valence-electron chi connectivity index (χ2n) is 6.54. The fourth-order valence-corrected chi connectivity index (χ4v) is 1.78. The van der Waals surface area contributed by atoms with Crippen molar-refractivity contribution in [2.45, 2.75) is 47.1 Å². The van der Waals surface area contributed by atoms with Gasteiger partial charge in [-0.1, -0.05) is 20.8 Å². The largest absolute Gasteiger partial charge is 0.298 e. The first-order valence-corrected chi connectivity index (χ1v) is 7.75. The summed E-state index contributed by atoms with van der Waals surface area (Å²) in [5, 5.41) is 0. The van der Waals surface area contributed by atoms with Crippen molar-refractivity contribution in [2.75, 3.05) is 25.1 Å². The first-order chi connectivity index (χ1) is 7.44. The van der Waals surface area contributed by atoms with Crippen molar-refractivity contribution in [3.8, 4) is 0 Å². The topological polar surface area (TPSA) is 37.4 Å². The van der Waals surface area contributed by atoms with Gasteiger partial charge in [-0.05, 0) is 20.8 Å². The maximum atomic E-state index is 12.0. The molecule has 0 aromatic heterocycles. The van der Waals surface area contributed by atoms with E-state index in [1.165, 1.54) is 0 Å². The van der Waals surface area contributed by atoms with Crippen LogP contribution in [0.1, 0.15) is 41.5 Å². The van der Waals surface area contributed by atoms with E-state index in [9.17, 15) is 9.00 Å². The van der Waals surface area contributed by atoms with Gasteiger partial charge in [-0.15, -0.1) is 0 Å². The number of nitrogens with zero attached hydrogens (tertiary/aromatic N) is 1. The number of carbonyl (C=O) groups excluding carboxylic acids is 1. The molecule has 102 valence electrons. The molecule has 1 unspecified atom stereocenters. The minimum atomic E-state index is -0.810. The average Bonchev–Trinajstić information content (AvgIpc) is 2.07. The summed E-state index contributed by atoms with van der Waals surface area (Å²) < 4.78 is 11.2. The van der Waals surface area contributed by atoms with Crippen LogP contribution in [-0.2, 0) is 15.6 Å². The predicted octanol–water partition coefficient (Wildman–Crippen LogP) is 2.08. The summed E-state index contributed by atoms with van der Waals surface area (Å²) >= 11 is 0. The van der Waals surface area contributed by atoms with Crippen LogP contribution < -0.4 is 0 Å². The van der Waals surface area contributed by atoms with Gasteiger partial charge in [-0.2, -0.15) is 0 Å². The normalized spacial score (nSPS) is 15.1. The molecule has 0 aromatic carbocycles. The lowest BCUT2D eigenvalue weighted by atomic mass is 9.89. The van der Waals surface area contributed by atoms with Crippen LogP contribution in [0, 0.1) is 5.41 Å². The van der Waals surface area contributed by atoms with Gasteiger partial charge in [0, 0.05) is 40.3 Å². The van der Waals surface area contributed by atoms with Gasteiger partial charge in [0.25, 0.3) is 0 Å². The SMILES string of the molecule is CS(=O)CCN(CC(=O)C(C)(C)C)C(C)(C)C. The molecule has 0 N–H and O–H groups in total. The van der Waals surface area contributed by atoms with E-state index in [1.54, 1.807) is 6.26 Å². The fraction of sp³-hybridized carbons (Fsp3) is 0.923. The Kier molecular flexibility index (Phi) is 6.02. The zero-order valence-electron chi connectivity index (χ0n) is 12.3. The number of hydrogen-bond acceptors (Lipinski definition) is 3. The molecule has 1 atom stereocenters. The smallest absolute Gasteiger partial charge is 0.152 e. The van der Waals surface area contributed by atoms with Crippen molar-refractivity contribution in [3.05, 3.63) is 0 Å². The Bertz CT molecular complexity index is 287. The van der Waals surface area contributed by atoms with E-state index in [1.807, 2.05) is 20.8 Å². The summed E-state index contributed by atoms with van der Waals surface area (Å²) in [6.45, 7) is 13.2. The minimum absolute atomic E-state index is 0.0692. The second-order valence-corrected chi connectivity index (χ2v) is 8.10. The van der Waals surface area contributed by atoms with E-state index in [4.69, 9.17) is 0 Å². The molecule has 0 spiro atoms. The van der Waals surface area contributed by atoms with Crippen LogP contribution in [0.5, 0.6) is 0 Å². The Morgan fingerprint density at radius 1 is 1.12 bits per heavy atom. The van der Waals surface area contributed by atoms with Crippen molar-refractivity contribution in [1.82, 2.24) is 4.90 Å². The van der Waals surface area contributed by atoms with Crippen LogP contribution >= 0.6 is 0 Å². The molecule has 0 fully saturated rings. The van der Waals surface area contributed by atoms with E-state index < -0.39 is 10.8 Å². The number of Topliss-reactive ketones (excluding diaryl/α,β-unsaturated/α-hetero) is 1. The van der Waals surface area contributed by atoms with Crippen molar-refractivity contribution >= 4 is 16.6 Å². The predicted molar refractivity (Wildman–Crippen MR) is 74.7 cm³/mol. The van der Waals surface area contributed by atoms with E-state index in [-0.39, 0.29) is 16.7 Å². The second kappa shape index (κ2) is 6.10. The third-order valence-electron chi connectivity index (χ3n) is 2.77. The highest BCUT2D eigenvalue weighted by Crippen LogP contribution is 2.19. The molecule has 0 radical (unpaired) electrons. The molecule has 0 aromatic rings. The molecule has 0 aliphatic carbocycles. The highest BCUT2D eigenvalue weighted by atomic mass is 32.2. The zero-order chi connectivity index (χ0) is 13.9. The maximum absolute atomic E-state index is 12.0. The van der Waals surface area contributed by atoms with Crippen molar-refractivity contribution in [3.63, 3.8) is 0 Å². The first-order valence-electron chi connectivity index (χ1n) is 6.03. The van der Waals surface area contributed by atoms with Crippen molar-refractivity contribution in [1.29, 1.82) is 0 Å². The molecule has 0 aliphatic rings. The summed E-state index contributed by atoms with van der Waals surface area (Å²) in [5.74, 6) is 0.851. The lowest BCUT2D eigenvalue weighted by Crippen LogP contribution is -2.48. The molecule has 0 heterocycles. The summed E-state index contributed by atoms with van der Waals surface area (Å²) in [5.41, 5.74) is -0.380. The highest BCUT2D eigenvalue weighted by Gasteiger charge is 2.28. The third-order valence-corrected chi connectivity index (χ3v) is 3.53. The van der Waals surface area contributed by atoms with Crippen LogP contribution in [-0.4, -0.2) is 45.5 Å². The molecule has 4 heteroatoms. The number of ketones is 1. The van der Waals surface area contributed by atoms with Crippen LogP contribution in [0.4, 0.5) is 0 Å². The molecule has 0 aliphatic heterocycles. The van der Waals surface area contributed by atoms with E-state index in [0.717, 1.165) is 0 Å². The first kappa shape index (κ1) is 16.8. The third kappa shape index (κ3) is 6.94. The van der Waals surface area contributed by atoms with Crippen molar-refractivity contribution < 1.29 is 9.00 Å². The van der Waals surface area contributed by atoms with Gasteiger partial charge in [0.15, 0.2) is 5.78 Å². The van der Waals surface area contributed by atoms with Crippen LogP contribution in [0.15, 0.2) is 0 Å². The van der Waals surface area contributed by atoms with Gasteiger partial charge < -0.3 is 0 Å². The number of carbonyl (C=O) groups is 1. The summed E-state index contributed by atoms with van der Waals surface area (Å²) in [6, 6.07) is 0. The van der Waals surface area contributed by atoms with Gasteiger partial charge in [0.1, 0.15) is 0 Å². The fourth-order valence-electron chi connectivity index (χ4n) is 1.30. The van der Waals surface area contributed by atoms with Gasteiger partial charge >= 0.3 is 0 Å². The van der Waals surface area contributed by atoms with Gasteiger partial charge in [0.05, 0.1) is 6.54 Å². The summed E-state index contributed by atoms with van der Waals surface area (Å²) in [7, 11) is -0.810.